The van der Waals surface area contributed by atoms with E-state index in [1.165, 1.54) is 74.5 Å². The summed E-state index contributed by atoms with van der Waals surface area (Å²) in [6.45, 7) is 20.2. The van der Waals surface area contributed by atoms with E-state index in [9.17, 15) is 5.11 Å². The van der Waals surface area contributed by atoms with Crippen molar-refractivity contribution in [2.45, 2.75) is 99.3 Å². The van der Waals surface area contributed by atoms with Gasteiger partial charge in [0.05, 0.1) is 0 Å². The lowest BCUT2D eigenvalue weighted by Gasteiger charge is -2.72. The number of hydrogen-bond acceptors (Lipinski definition) is 4. The second kappa shape index (κ2) is 9.36. The molecule has 0 bridgehead atoms. The molecule has 5 aliphatic rings. The number of aromatic amines is 1. The van der Waals surface area contributed by atoms with E-state index in [2.05, 4.69) is 99.1 Å². The molecular formula is C37H52N4O. The Bertz CT molecular complexity index is 1390. The lowest BCUT2D eigenvalue weighted by atomic mass is 9.32. The van der Waals surface area contributed by atoms with Crippen molar-refractivity contribution in [1.82, 2.24) is 20.6 Å². The van der Waals surface area contributed by atoms with Gasteiger partial charge in [0.2, 0.25) is 5.82 Å². The molecule has 9 atom stereocenters. The first kappa shape index (κ1) is 28.5. The zero-order valence-corrected chi connectivity index (χ0v) is 26.8. The van der Waals surface area contributed by atoms with E-state index in [1.807, 2.05) is 0 Å². The normalized spacial score (nSPS) is 43.9. The van der Waals surface area contributed by atoms with Crippen LogP contribution in [0.3, 0.4) is 0 Å². The molecule has 0 saturated heterocycles. The van der Waals surface area contributed by atoms with Crippen molar-refractivity contribution < 1.29 is 5.11 Å². The largest absolute Gasteiger partial charge is 0.396 e. The standard InChI is InChI=1S/C37H52N4O/c1-23(2)26-14-19-37(22-42)21-20-35(6)28(31(26)37)12-13-30-34(5)17-15-27(33(3,4)29(34)16-18-36(30,35)7)24-8-10-25(11-9-24)32-38-40-41-39-32/h8-11,15,26,28-31,42H,1,12-14,16-22H2,2-7H3,(H,38,39,40,41). The van der Waals surface area contributed by atoms with Crippen LogP contribution in [-0.4, -0.2) is 32.3 Å². The van der Waals surface area contributed by atoms with Gasteiger partial charge in [-0.3, -0.25) is 0 Å². The quantitative estimate of drug-likeness (QED) is 0.363. The van der Waals surface area contributed by atoms with Gasteiger partial charge in [-0.25, -0.2) is 0 Å². The number of rotatable bonds is 4. The van der Waals surface area contributed by atoms with Gasteiger partial charge in [0.1, 0.15) is 0 Å². The Hall–Kier alpha value is -2.27. The summed E-state index contributed by atoms with van der Waals surface area (Å²) < 4.78 is 0. The lowest BCUT2D eigenvalue weighted by molar-refractivity contribution is -0.228. The molecule has 1 heterocycles. The summed E-state index contributed by atoms with van der Waals surface area (Å²) >= 11 is 0. The van der Waals surface area contributed by atoms with E-state index in [-0.39, 0.29) is 10.8 Å². The number of nitrogens with one attached hydrogen (secondary N) is 1. The van der Waals surface area contributed by atoms with E-state index in [4.69, 9.17) is 0 Å². The Morgan fingerprint density at radius 3 is 2.31 bits per heavy atom. The molecule has 2 aromatic rings. The first-order chi connectivity index (χ1) is 19.9. The van der Waals surface area contributed by atoms with Gasteiger partial charge < -0.3 is 5.11 Å². The van der Waals surface area contributed by atoms with Crippen LogP contribution >= 0.6 is 0 Å². The summed E-state index contributed by atoms with van der Waals surface area (Å²) in [7, 11) is 0. The number of tetrazole rings is 1. The van der Waals surface area contributed by atoms with Gasteiger partial charge in [0.25, 0.3) is 0 Å². The van der Waals surface area contributed by atoms with Gasteiger partial charge >= 0.3 is 0 Å². The van der Waals surface area contributed by atoms with Crippen LogP contribution in [0.1, 0.15) is 105 Å². The lowest BCUT2D eigenvalue weighted by Crippen LogP contribution is -2.65. The number of hydrogen-bond donors (Lipinski definition) is 2. The maximum atomic E-state index is 10.8. The van der Waals surface area contributed by atoms with Gasteiger partial charge in [0, 0.05) is 12.2 Å². The molecule has 2 N–H and O–H groups in total. The molecule has 0 spiro atoms. The summed E-state index contributed by atoms with van der Waals surface area (Å²) in [6, 6.07) is 8.80. The zero-order chi connectivity index (χ0) is 29.7. The predicted octanol–water partition coefficient (Wildman–Crippen LogP) is 8.51. The van der Waals surface area contributed by atoms with E-state index in [0.717, 1.165) is 11.5 Å². The molecule has 7 rings (SSSR count). The predicted molar refractivity (Wildman–Crippen MR) is 169 cm³/mol. The number of H-pyrrole nitrogens is 1. The van der Waals surface area contributed by atoms with E-state index in [0.29, 0.717) is 52.3 Å². The van der Waals surface area contributed by atoms with Crippen LogP contribution in [0.2, 0.25) is 0 Å². The molecule has 9 unspecified atom stereocenters. The molecule has 4 saturated carbocycles. The van der Waals surface area contributed by atoms with Crippen molar-refractivity contribution in [3.05, 3.63) is 48.1 Å². The fraction of sp³-hybridized carbons (Fsp3) is 0.703. The molecule has 5 heteroatoms. The van der Waals surface area contributed by atoms with Gasteiger partial charge in [0.15, 0.2) is 0 Å². The first-order valence-electron chi connectivity index (χ1n) is 16.7. The fourth-order valence-corrected chi connectivity index (χ4v) is 12.7. The third-order valence-corrected chi connectivity index (χ3v) is 14.9. The molecule has 1 aromatic carbocycles. The van der Waals surface area contributed by atoms with Crippen molar-refractivity contribution in [1.29, 1.82) is 0 Å². The summed E-state index contributed by atoms with van der Waals surface area (Å²) in [4.78, 5) is 0. The van der Waals surface area contributed by atoms with E-state index in [1.54, 1.807) is 0 Å². The Labute approximate surface area is 253 Å². The van der Waals surface area contributed by atoms with Crippen molar-refractivity contribution in [2.75, 3.05) is 6.61 Å². The molecule has 0 radical (unpaired) electrons. The fourth-order valence-electron chi connectivity index (χ4n) is 12.7. The third-order valence-electron chi connectivity index (χ3n) is 14.9. The minimum Gasteiger partial charge on any atom is -0.396 e. The molecule has 4 fully saturated rings. The Balaban J connectivity index is 1.22. The molecule has 226 valence electrons. The zero-order valence-electron chi connectivity index (χ0n) is 26.8. The van der Waals surface area contributed by atoms with Gasteiger partial charge in [-0.15, -0.1) is 10.2 Å². The van der Waals surface area contributed by atoms with Crippen LogP contribution in [0, 0.1) is 56.7 Å². The first-order valence-corrected chi connectivity index (χ1v) is 16.7. The number of aliphatic hydroxyl groups is 1. The Morgan fingerprint density at radius 1 is 0.905 bits per heavy atom. The highest BCUT2D eigenvalue weighted by atomic mass is 16.3. The van der Waals surface area contributed by atoms with Crippen molar-refractivity contribution in [3.63, 3.8) is 0 Å². The molecule has 5 aliphatic carbocycles. The van der Waals surface area contributed by atoms with Crippen molar-refractivity contribution in [2.24, 2.45) is 56.7 Å². The summed E-state index contributed by atoms with van der Waals surface area (Å²) in [5.41, 5.74) is 6.39. The maximum Gasteiger partial charge on any atom is 0.204 e. The summed E-state index contributed by atoms with van der Waals surface area (Å²) in [6.07, 6.45) is 14.0. The third kappa shape index (κ3) is 3.61. The molecule has 0 aliphatic heterocycles. The minimum absolute atomic E-state index is 0.106. The molecule has 0 amide bonds. The van der Waals surface area contributed by atoms with Crippen LogP contribution < -0.4 is 0 Å². The van der Waals surface area contributed by atoms with Crippen LogP contribution in [0.4, 0.5) is 0 Å². The molecule has 42 heavy (non-hydrogen) atoms. The number of aromatic nitrogens is 4. The minimum atomic E-state index is 0.106. The van der Waals surface area contributed by atoms with Gasteiger partial charge in [-0.1, -0.05) is 77.1 Å². The van der Waals surface area contributed by atoms with Crippen LogP contribution in [0.15, 0.2) is 42.5 Å². The van der Waals surface area contributed by atoms with Crippen molar-refractivity contribution in [3.8, 4) is 11.4 Å². The Kier molecular flexibility index (Phi) is 6.35. The topological polar surface area (TPSA) is 74.7 Å². The Morgan fingerprint density at radius 2 is 1.64 bits per heavy atom. The van der Waals surface area contributed by atoms with Gasteiger partial charge in [-0.05, 0) is 138 Å². The SMILES string of the molecule is C=C(C)C1CCC2(CO)CCC3(C)C(CCC4C5(C)CC=C(c6ccc(-c7nn[nH]n7)cc6)C(C)(C)C5CCC43C)C12. The highest BCUT2D eigenvalue weighted by molar-refractivity contribution is 5.73. The maximum absolute atomic E-state index is 10.8. The molecular weight excluding hydrogens is 516 g/mol. The average molecular weight is 569 g/mol. The van der Waals surface area contributed by atoms with Gasteiger partial charge in [-0.2, -0.15) is 5.21 Å². The monoisotopic (exact) mass is 568 g/mol. The van der Waals surface area contributed by atoms with Crippen LogP contribution in [0.25, 0.3) is 17.0 Å². The summed E-state index contributed by atoms with van der Waals surface area (Å²) in [5, 5.41) is 25.4. The summed E-state index contributed by atoms with van der Waals surface area (Å²) in [5.74, 6) is 3.92. The highest BCUT2D eigenvalue weighted by Crippen LogP contribution is 2.77. The second-order valence-electron chi connectivity index (χ2n) is 16.6. The smallest absolute Gasteiger partial charge is 0.204 e. The van der Waals surface area contributed by atoms with E-state index < -0.39 is 0 Å². The molecule has 5 nitrogen and oxygen atoms in total. The number of aliphatic hydroxyl groups excluding tert-OH is 1. The number of benzene rings is 1. The number of nitrogens with zero attached hydrogens (tertiary/aromatic N) is 3. The van der Waals surface area contributed by atoms with Crippen molar-refractivity contribution >= 4 is 5.57 Å². The number of allylic oxidation sites excluding steroid dienone is 3. The number of fused-ring (bicyclic) bond motifs is 7. The van der Waals surface area contributed by atoms with E-state index >= 15 is 0 Å². The molecule has 1 aromatic heterocycles. The average Bonchev–Trinajstić information content (AvgIpc) is 3.63. The van der Waals surface area contributed by atoms with Crippen LogP contribution in [-0.2, 0) is 0 Å². The second-order valence-corrected chi connectivity index (χ2v) is 16.6. The highest BCUT2D eigenvalue weighted by Gasteiger charge is 2.70. The van der Waals surface area contributed by atoms with Crippen LogP contribution in [0.5, 0.6) is 0 Å².